The summed E-state index contributed by atoms with van der Waals surface area (Å²) in [6.45, 7) is 0. The number of rotatable bonds is 6. The molecule has 0 aliphatic carbocycles. The maximum atomic E-state index is 12.1. The van der Waals surface area contributed by atoms with E-state index >= 15 is 0 Å². The molecule has 2 N–H and O–H groups in total. The van der Waals surface area contributed by atoms with Crippen LogP contribution < -0.4 is 10.9 Å². The average Bonchev–Trinajstić information content (AvgIpc) is 2.75. The minimum atomic E-state index is -0.303. The molecule has 3 aromatic rings. The Morgan fingerprint density at radius 1 is 0.633 bits per heavy atom. The van der Waals surface area contributed by atoms with Gasteiger partial charge in [-0.15, -0.1) is 0 Å². The smallest absolute Gasteiger partial charge is 0.267 e. The molecule has 2 amide bonds. The van der Waals surface area contributed by atoms with Crippen molar-refractivity contribution in [3.8, 4) is 0 Å². The predicted molar refractivity (Wildman–Crippen MR) is 125 cm³/mol. The van der Waals surface area contributed by atoms with Crippen LogP contribution in [0, 0.1) is 0 Å². The first kappa shape index (κ1) is 21.6. The fourth-order valence-corrected chi connectivity index (χ4v) is 3.34. The molecule has 0 aromatic heterocycles. The highest BCUT2D eigenvalue weighted by Crippen LogP contribution is 2.16. The van der Waals surface area contributed by atoms with E-state index < -0.39 is 0 Å². The van der Waals surface area contributed by atoms with E-state index in [4.69, 9.17) is 0 Å². The minimum Gasteiger partial charge on any atom is -0.267 e. The molecule has 3 rings (SSSR count). The molecule has 0 saturated carbocycles. The van der Waals surface area contributed by atoms with Crippen LogP contribution >= 0.6 is 31.9 Å². The number of nitrogens with one attached hydrogen (secondary N) is 2. The van der Waals surface area contributed by atoms with Crippen LogP contribution in [0.15, 0.2) is 91.9 Å². The Labute approximate surface area is 190 Å². The zero-order valence-corrected chi connectivity index (χ0v) is 18.7. The van der Waals surface area contributed by atoms with Crippen LogP contribution in [0.3, 0.4) is 0 Å². The molecular formula is C22H16Br2N4O2. The Hall–Kier alpha value is -3.10. The van der Waals surface area contributed by atoms with Gasteiger partial charge < -0.3 is 0 Å². The van der Waals surface area contributed by atoms with Gasteiger partial charge in [-0.25, -0.2) is 10.9 Å². The second-order valence-corrected chi connectivity index (χ2v) is 7.73. The molecule has 30 heavy (non-hydrogen) atoms. The highest BCUT2D eigenvalue weighted by Gasteiger charge is 2.08. The number of hydrogen-bond donors (Lipinski definition) is 2. The zero-order valence-electron chi connectivity index (χ0n) is 15.5. The van der Waals surface area contributed by atoms with E-state index in [1.54, 1.807) is 48.8 Å². The highest BCUT2D eigenvalue weighted by molar-refractivity contribution is 9.10. The summed E-state index contributed by atoms with van der Waals surface area (Å²) in [5, 5.41) is 7.95. The molecule has 0 unspecified atom stereocenters. The van der Waals surface area contributed by atoms with Crippen molar-refractivity contribution in [1.29, 1.82) is 0 Å². The van der Waals surface area contributed by atoms with Crippen molar-refractivity contribution in [2.75, 3.05) is 0 Å². The lowest BCUT2D eigenvalue weighted by atomic mass is 10.2. The lowest BCUT2D eigenvalue weighted by Gasteiger charge is -2.02. The minimum absolute atomic E-state index is 0.303. The third kappa shape index (κ3) is 5.95. The van der Waals surface area contributed by atoms with Crippen molar-refractivity contribution < 1.29 is 9.59 Å². The lowest BCUT2D eigenvalue weighted by Crippen LogP contribution is -2.18. The van der Waals surface area contributed by atoms with Gasteiger partial charge in [0.1, 0.15) is 0 Å². The number of amides is 2. The van der Waals surface area contributed by atoms with Crippen LogP contribution in [0.4, 0.5) is 0 Å². The topological polar surface area (TPSA) is 82.9 Å². The number of hydrazone groups is 2. The third-order valence-electron chi connectivity index (χ3n) is 3.93. The van der Waals surface area contributed by atoms with E-state index in [1.165, 1.54) is 0 Å². The summed E-state index contributed by atoms with van der Waals surface area (Å²) < 4.78 is 1.40. The number of halogens is 2. The van der Waals surface area contributed by atoms with E-state index in [0.29, 0.717) is 20.1 Å². The van der Waals surface area contributed by atoms with E-state index in [9.17, 15) is 9.59 Å². The average molecular weight is 528 g/mol. The van der Waals surface area contributed by atoms with Gasteiger partial charge in [0.05, 0.1) is 23.6 Å². The van der Waals surface area contributed by atoms with Crippen molar-refractivity contribution in [2.45, 2.75) is 0 Å². The van der Waals surface area contributed by atoms with Crippen LogP contribution in [0.5, 0.6) is 0 Å². The Balaban J connectivity index is 1.53. The molecule has 0 fully saturated rings. The molecule has 0 heterocycles. The Morgan fingerprint density at radius 3 is 1.37 bits per heavy atom. The second kappa shape index (κ2) is 10.6. The molecule has 0 saturated heterocycles. The summed E-state index contributed by atoms with van der Waals surface area (Å²) >= 11 is 6.67. The molecule has 3 aromatic carbocycles. The summed E-state index contributed by atoms with van der Waals surface area (Å²) in [4.78, 5) is 24.2. The van der Waals surface area contributed by atoms with E-state index in [2.05, 4.69) is 52.9 Å². The third-order valence-corrected chi connectivity index (χ3v) is 5.32. The van der Waals surface area contributed by atoms with Crippen molar-refractivity contribution in [3.63, 3.8) is 0 Å². The molecular weight excluding hydrogens is 512 g/mol. The quantitative estimate of drug-likeness (QED) is 0.358. The summed E-state index contributed by atoms with van der Waals surface area (Å²) in [5.41, 5.74) is 7.60. The van der Waals surface area contributed by atoms with Gasteiger partial charge >= 0.3 is 0 Å². The van der Waals surface area contributed by atoms with Crippen molar-refractivity contribution in [3.05, 3.63) is 104 Å². The van der Waals surface area contributed by atoms with Gasteiger partial charge in [-0.3, -0.25) is 9.59 Å². The Kier molecular flexibility index (Phi) is 7.64. The van der Waals surface area contributed by atoms with Crippen LogP contribution in [0.1, 0.15) is 31.8 Å². The summed E-state index contributed by atoms with van der Waals surface area (Å²) in [6, 6.07) is 21.5. The molecule has 0 atom stereocenters. The van der Waals surface area contributed by atoms with Crippen molar-refractivity contribution in [2.24, 2.45) is 10.2 Å². The van der Waals surface area contributed by atoms with Gasteiger partial charge in [0.25, 0.3) is 11.8 Å². The fourth-order valence-electron chi connectivity index (χ4n) is 2.41. The van der Waals surface area contributed by atoms with Gasteiger partial charge in [-0.05, 0) is 67.3 Å². The van der Waals surface area contributed by atoms with Gasteiger partial charge in [0, 0.05) is 8.95 Å². The van der Waals surface area contributed by atoms with Crippen LogP contribution in [0.2, 0.25) is 0 Å². The summed E-state index contributed by atoms with van der Waals surface area (Å²) in [6.07, 6.45) is 3.09. The van der Waals surface area contributed by atoms with Crippen LogP contribution in [0.25, 0.3) is 0 Å². The molecule has 150 valence electrons. The molecule has 0 aliphatic rings. The normalized spacial score (nSPS) is 11.0. The predicted octanol–water partition coefficient (Wildman–Crippen LogP) is 4.74. The number of benzene rings is 3. The molecule has 0 bridgehead atoms. The van der Waals surface area contributed by atoms with Gasteiger partial charge in [0.15, 0.2) is 0 Å². The fraction of sp³-hybridized carbons (Fsp3) is 0. The Morgan fingerprint density at radius 2 is 1.00 bits per heavy atom. The first-order valence-electron chi connectivity index (χ1n) is 8.80. The van der Waals surface area contributed by atoms with Crippen molar-refractivity contribution >= 4 is 56.1 Å². The van der Waals surface area contributed by atoms with E-state index in [1.807, 2.05) is 36.4 Å². The molecule has 6 nitrogen and oxygen atoms in total. The Bertz CT molecular complexity index is 1020. The van der Waals surface area contributed by atoms with Gasteiger partial charge in [-0.2, -0.15) is 10.2 Å². The maximum Gasteiger partial charge on any atom is 0.272 e. The highest BCUT2D eigenvalue weighted by atomic mass is 79.9. The summed E-state index contributed by atoms with van der Waals surface area (Å²) in [5.74, 6) is -0.605. The van der Waals surface area contributed by atoms with E-state index in [0.717, 1.165) is 11.1 Å². The van der Waals surface area contributed by atoms with Gasteiger partial charge in [-0.1, -0.05) is 48.5 Å². The molecule has 0 aliphatic heterocycles. The molecule has 8 heteroatoms. The number of hydrogen-bond acceptors (Lipinski definition) is 4. The SMILES string of the molecule is O=C(N/N=C/c1ccc(/C=N/NC(=O)c2ccccc2Br)cc1)c1ccccc1Br. The molecule has 0 radical (unpaired) electrons. The van der Waals surface area contributed by atoms with Crippen LogP contribution in [-0.4, -0.2) is 24.2 Å². The largest absolute Gasteiger partial charge is 0.272 e. The second-order valence-electron chi connectivity index (χ2n) is 6.02. The molecule has 0 spiro atoms. The lowest BCUT2D eigenvalue weighted by molar-refractivity contribution is 0.0946. The maximum absolute atomic E-state index is 12.1. The zero-order chi connectivity index (χ0) is 21.3. The number of nitrogens with zero attached hydrogens (tertiary/aromatic N) is 2. The van der Waals surface area contributed by atoms with Gasteiger partial charge in [0.2, 0.25) is 0 Å². The first-order valence-corrected chi connectivity index (χ1v) is 10.4. The van der Waals surface area contributed by atoms with Crippen LogP contribution in [-0.2, 0) is 0 Å². The summed E-state index contributed by atoms with van der Waals surface area (Å²) in [7, 11) is 0. The van der Waals surface area contributed by atoms with Crippen molar-refractivity contribution in [1.82, 2.24) is 10.9 Å². The number of carbonyl (C=O) groups is 2. The monoisotopic (exact) mass is 526 g/mol. The first-order chi connectivity index (χ1) is 14.5. The van der Waals surface area contributed by atoms with E-state index in [-0.39, 0.29) is 11.8 Å². The number of carbonyl (C=O) groups excluding carboxylic acids is 2. The standard InChI is InChI=1S/C22H16Br2N4O2/c23-19-7-3-1-5-17(19)21(29)27-25-13-15-9-11-16(12-10-15)14-26-28-22(30)18-6-2-4-8-20(18)24/h1-14H,(H,27,29)(H,28,30)/b25-13+,26-14+.